The molecule has 46 heavy (non-hydrogen) atoms. The van der Waals surface area contributed by atoms with Gasteiger partial charge in [-0.1, -0.05) is 60.1 Å². The molecule has 1 saturated heterocycles. The number of aliphatic hydroxyl groups is 3. The molecule has 258 valence electrons. The Morgan fingerprint density at radius 1 is 0.783 bits per heavy atom. The smallest absolute Gasteiger partial charge is 0.335 e. The summed E-state index contributed by atoms with van der Waals surface area (Å²) in [7, 11) is 0. The predicted molar refractivity (Wildman–Crippen MR) is 169 cm³/mol. The highest BCUT2D eigenvalue weighted by Crippen LogP contribution is 2.76. The Morgan fingerprint density at radius 3 is 2.07 bits per heavy atom. The average Bonchev–Trinajstić information content (AvgIpc) is 2.97. The molecule has 15 atom stereocenters. The summed E-state index contributed by atoms with van der Waals surface area (Å²) in [6.07, 6.45) is 1.20. The van der Waals surface area contributed by atoms with Crippen LogP contribution in [-0.2, 0) is 19.1 Å². The predicted octanol–water partition coefficient (Wildman–Crippen LogP) is 4.85. The van der Waals surface area contributed by atoms with Crippen molar-refractivity contribution < 1.29 is 44.7 Å². The third-order valence-electron chi connectivity index (χ3n) is 15.9. The molecule has 6 rings (SSSR count). The van der Waals surface area contributed by atoms with Crippen molar-refractivity contribution in [1.29, 1.82) is 0 Å². The standard InChI is InChI=1S/C37H56O9/c1-18-10-15-37(32(44)45)17-16-35(6)20(24(37)19(18)2)8-9-23-34(5)13-11-21(33(3,4)22(34)12-14-36(23,35)7)25(38)29-27(40)26(39)28(41)30(46-29)31(42)43/h8,18-19,21-24,26-30,39-41H,9-17H2,1-7H3,(H,42,43)(H,44,45)/t18-,19+,21+,22?,23?,24?,26?,27?,28+,29+,30?,34+,35-,36-,37+/m1/s1. The molecule has 0 aromatic rings. The van der Waals surface area contributed by atoms with E-state index in [2.05, 4.69) is 54.5 Å². The van der Waals surface area contributed by atoms with Gasteiger partial charge in [-0.3, -0.25) is 9.59 Å². The molecule has 6 aliphatic rings. The van der Waals surface area contributed by atoms with Gasteiger partial charge in [0.25, 0.3) is 0 Å². The number of carbonyl (C=O) groups is 3. The molecule has 4 saturated carbocycles. The Hall–Kier alpha value is -1.81. The highest BCUT2D eigenvalue weighted by Gasteiger charge is 2.70. The van der Waals surface area contributed by atoms with Crippen molar-refractivity contribution in [3.63, 3.8) is 0 Å². The number of carboxylic acid groups (broad SMARTS) is 2. The molecule has 5 fully saturated rings. The van der Waals surface area contributed by atoms with Gasteiger partial charge in [-0.15, -0.1) is 0 Å². The molecular formula is C37H56O9. The Bertz CT molecular complexity index is 1320. The highest BCUT2D eigenvalue weighted by atomic mass is 16.6. The van der Waals surface area contributed by atoms with Crippen LogP contribution < -0.4 is 0 Å². The van der Waals surface area contributed by atoms with E-state index in [0.717, 1.165) is 44.9 Å². The molecule has 1 aliphatic heterocycles. The van der Waals surface area contributed by atoms with Crippen molar-refractivity contribution in [2.45, 2.75) is 137 Å². The molecule has 0 aromatic carbocycles. The van der Waals surface area contributed by atoms with E-state index in [1.165, 1.54) is 5.57 Å². The van der Waals surface area contributed by atoms with Crippen LogP contribution >= 0.6 is 0 Å². The molecular weight excluding hydrogens is 588 g/mol. The van der Waals surface area contributed by atoms with Crippen molar-refractivity contribution in [3.05, 3.63) is 11.6 Å². The maximum absolute atomic E-state index is 14.1. The summed E-state index contributed by atoms with van der Waals surface area (Å²) in [6.45, 7) is 16.1. The van der Waals surface area contributed by atoms with Gasteiger partial charge in [0.2, 0.25) is 0 Å². The summed E-state index contributed by atoms with van der Waals surface area (Å²) >= 11 is 0. The van der Waals surface area contributed by atoms with E-state index >= 15 is 0 Å². The molecule has 9 heteroatoms. The molecule has 5 aliphatic carbocycles. The Kier molecular flexibility index (Phi) is 8.03. The van der Waals surface area contributed by atoms with Gasteiger partial charge in [-0.05, 0) is 109 Å². The van der Waals surface area contributed by atoms with Gasteiger partial charge in [0.1, 0.15) is 24.4 Å². The summed E-state index contributed by atoms with van der Waals surface area (Å²) in [6, 6.07) is 0. The lowest BCUT2D eigenvalue weighted by molar-refractivity contribution is -0.231. The number of ketones is 1. The minimum atomic E-state index is -1.83. The lowest BCUT2D eigenvalue weighted by atomic mass is 9.33. The van der Waals surface area contributed by atoms with Crippen LogP contribution in [0.3, 0.4) is 0 Å². The van der Waals surface area contributed by atoms with Gasteiger partial charge in [0.05, 0.1) is 5.41 Å². The fourth-order valence-electron chi connectivity index (χ4n) is 12.9. The van der Waals surface area contributed by atoms with E-state index in [1.54, 1.807) is 0 Å². The van der Waals surface area contributed by atoms with Gasteiger partial charge in [-0.2, -0.15) is 0 Å². The van der Waals surface area contributed by atoms with Crippen LogP contribution in [0, 0.1) is 62.6 Å². The monoisotopic (exact) mass is 644 g/mol. The second-order valence-electron chi connectivity index (χ2n) is 17.7. The van der Waals surface area contributed by atoms with Crippen LogP contribution in [0.15, 0.2) is 11.6 Å². The van der Waals surface area contributed by atoms with Crippen LogP contribution in [0.4, 0.5) is 0 Å². The van der Waals surface area contributed by atoms with Crippen LogP contribution in [0.1, 0.15) is 106 Å². The zero-order chi connectivity index (χ0) is 33.9. The highest BCUT2D eigenvalue weighted by molar-refractivity contribution is 5.88. The molecule has 0 amide bonds. The fourth-order valence-corrected chi connectivity index (χ4v) is 12.9. The van der Waals surface area contributed by atoms with Gasteiger partial charge in [0, 0.05) is 5.92 Å². The first-order valence-corrected chi connectivity index (χ1v) is 17.7. The fraction of sp³-hybridized carbons (Fsp3) is 0.865. The quantitative estimate of drug-likeness (QED) is 0.270. The summed E-state index contributed by atoms with van der Waals surface area (Å²) < 4.78 is 5.51. The van der Waals surface area contributed by atoms with E-state index in [9.17, 15) is 39.9 Å². The lowest BCUT2D eigenvalue weighted by Crippen LogP contribution is -2.66. The summed E-state index contributed by atoms with van der Waals surface area (Å²) in [4.78, 5) is 38.8. The Morgan fingerprint density at radius 2 is 1.43 bits per heavy atom. The Balaban J connectivity index is 1.32. The number of aliphatic hydroxyl groups excluding tert-OH is 3. The van der Waals surface area contributed by atoms with E-state index in [0.29, 0.717) is 30.6 Å². The normalized spacial score (nSPS) is 53.0. The van der Waals surface area contributed by atoms with E-state index in [4.69, 9.17) is 4.74 Å². The minimum Gasteiger partial charge on any atom is -0.481 e. The molecule has 6 unspecified atom stereocenters. The maximum Gasteiger partial charge on any atom is 0.335 e. The summed E-state index contributed by atoms with van der Waals surface area (Å²) in [5.74, 6) is -1.66. The Labute approximate surface area is 273 Å². The van der Waals surface area contributed by atoms with Crippen molar-refractivity contribution in [3.8, 4) is 0 Å². The third kappa shape index (κ3) is 4.29. The van der Waals surface area contributed by atoms with E-state index in [1.807, 2.05) is 0 Å². The average molecular weight is 645 g/mol. The van der Waals surface area contributed by atoms with E-state index < -0.39 is 65.0 Å². The number of hydrogen-bond donors (Lipinski definition) is 5. The summed E-state index contributed by atoms with van der Waals surface area (Å²) in [5.41, 5.74) is -0.0113. The number of aliphatic carboxylic acids is 2. The number of allylic oxidation sites excluding steroid dienone is 2. The minimum absolute atomic E-state index is 0.0298. The van der Waals surface area contributed by atoms with E-state index in [-0.39, 0.29) is 28.1 Å². The molecule has 0 spiro atoms. The van der Waals surface area contributed by atoms with Crippen molar-refractivity contribution >= 4 is 17.7 Å². The van der Waals surface area contributed by atoms with Crippen molar-refractivity contribution in [2.75, 3.05) is 0 Å². The number of carbonyl (C=O) groups excluding carboxylic acids is 1. The zero-order valence-electron chi connectivity index (χ0n) is 28.7. The van der Waals surface area contributed by atoms with Gasteiger partial charge in [-0.25, -0.2) is 4.79 Å². The maximum atomic E-state index is 14.1. The number of rotatable bonds is 4. The zero-order valence-corrected chi connectivity index (χ0v) is 28.7. The number of Topliss-reactive ketones (excluding diaryl/α,β-unsaturated/α-hetero) is 1. The molecule has 0 bridgehead atoms. The first-order chi connectivity index (χ1) is 21.3. The number of hydrogen-bond acceptors (Lipinski definition) is 7. The van der Waals surface area contributed by atoms with Gasteiger partial charge in [0.15, 0.2) is 11.9 Å². The van der Waals surface area contributed by atoms with Crippen molar-refractivity contribution in [2.24, 2.45) is 62.6 Å². The largest absolute Gasteiger partial charge is 0.481 e. The molecule has 0 radical (unpaired) electrons. The van der Waals surface area contributed by atoms with Crippen LogP contribution in [0.25, 0.3) is 0 Å². The number of fused-ring (bicyclic) bond motifs is 7. The second kappa shape index (κ2) is 10.8. The lowest BCUT2D eigenvalue weighted by Gasteiger charge is -2.71. The first kappa shape index (κ1) is 34.1. The number of carboxylic acids is 2. The SMILES string of the molecule is C[C@@H]1CC[C@]2(C(=O)O)CC[C@]3(C)C(=CCC4[C@@]5(C)CC[C@@H](C(=O)[C@@H]6OC(C(=O)O)[C@@H](O)C(O)C6O)C(C)(C)C5CC[C@]43C)C2[C@H]1C. The topological polar surface area (TPSA) is 162 Å². The molecule has 5 N–H and O–H groups in total. The molecule has 0 aromatic heterocycles. The van der Waals surface area contributed by atoms with Crippen molar-refractivity contribution in [1.82, 2.24) is 0 Å². The van der Waals surface area contributed by atoms with Gasteiger partial charge >= 0.3 is 11.9 Å². The first-order valence-electron chi connectivity index (χ1n) is 17.7. The molecule has 1 heterocycles. The second-order valence-corrected chi connectivity index (χ2v) is 17.7. The van der Waals surface area contributed by atoms with Crippen LogP contribution in [0.2, 0.25) is 0 Å². The third-order valence-corrected chi connectivity index (χ3v) is 15.9. The number of ether oxygens (including phenoxy) is 1. The van der Waals surface area contributed by atoms with Gasteiger partial charge < -0.3 is 30.3 Å². The van der Waals surface area contributed by atoms with Crippen LogP contribution in [-0.4, -0.2) is 73.8 Å². The van der Waals surface area contributed by atoms with Crippen LogP contribution in [0.5, 0.6) is 0 Å². The summed E-state index contributed by atoms with van der Waals surface area (Å²) in [5, 5.41) is 51.6. The molecule has 9 nitrogen and oxygen atoms in total.